The number of aromatic nitrogens is 6. The van der Waals surface area contributed by atoms with Crippen LogP contribution >= 0.6 is 0 Å². The number of nitrogens with zero attached hydrogens (tertiary/aromatic N) is 6. The fraction of sp³-hybridized carbons (Fsp3) is 0.115. The van der Waals surface area contributed by atoms with Crippen LogP contribution in [0.25, 0.3) is 50.8 Å². The van der Waals surface area contributed by atoms with E-state index in [1.807, 2.05) is 31.2 Å². The molecule has 6 rings (SSSR count). The molecule has 178 valence electrons. The minimum atomic E-state index is -2.79. The Balaban J connectivity index is 1.47. The van der Waals surface area contributed by atoms with E-state index in [2.05, 4.69) is 25.3 Å². The Morgan fingerprint density at radius 3 is 2.56 bits per heavy atom. The van der Waals surface area contributed by atoms with Gasteiger partial charge in [0.25, 0.3) is 18.2 Å². The highest BCUT2D eigenvalue weighted by molar-refractivity contribution is 5.81. The summed E-state index contributed by atoms with van der Waals surface area (Å²) >= 11 is 0. The number of aryl methyl sites for hydroxylation is 1. The molecule has 8 nitrogen and oxygen atoms in total. The second kappa shape index (κ2) is 8.49. The molecule has 0 aliphatic heterocycles. The molecule has 0 unspecified atom stereocenters. The van der Waals surface area contributed by atoms with Crippen LogP contribution in [0.2, 0.25) is 0 Å². The first-order chi connectivity index (χ1) is 17.5. The first-order valence-corrected chi connectivity index (χ1v) is 11.0. The van der Waals surface area contributed by atoms with Crippen LogP contribution in [0.1, 0.15) is 17.7 Å². The summed E-state index contributed by atoms with van der Waals surface area (Å²) in [6.45, 7) is 2.01. The van der Waals surface area contributed by atoms with Crippen LogP contribution in [0.5, 0.6) is 5.75 Å². The molecular weight excluding hydrogens is 466 g/mol. The Bertz CT molecular complexity index is 1740. The van der Waals surface area contributed by atoms with Gasteiger partial charge in [-0.3, -0.25) is 0 Å². The lowest BCUT2D eigenvalue weighted by molar-refractivity contribution is 0.143. The highest BCUT2D eigenvalue weighted by Gasteiger charge is 2.23. The number of alkyl halides is 2. The van der Waals surface area contributed by atoms with E-state index in [-0.39, 0.29) is 23.1 Å². The fourth-order valence-corrected chi connectivity index (χ4v) is 4.09. The molecule has 0 spiro atoms. The summed E-state index contributed by atoms with van der Waals surface area (Å²) in [5.41, 5.74) is 3.46. The number of hydrogen-bond acceptors (Lipinski definition) is 7. The third-order valence-corrected chi connectivity index (χ3v) is 5.83. The van der Waals surface area contributed by atoms with E-state index in [0.29, 0.717) is 28.3 Å². The van der Waals surface area contributed by atoms with Gasteiger partial charge in [0.1, 0.15) is 22.7 Å². The van der Waals surface area contributed by atoms with Gasteiger partial charge in [0.05, 0.1) is 24.5 Å². The molecule has 4 heterocycles. The zero-order valence-corrected chi connectivity index (χ0v) is 19.2. The van der Waals surface area contributed by atoms with Crippen LogP contribution < -0.4 is 4.74 Å². The zero-order chi connectivity index (χ0) is 24.8. The number of halogens is 2. The molecule has 0 N–H and O–H groups in total. The second-order valence-corrected chi connectivity index (χ2v) is 8.17. The zero-order valence-electron chi connectivity index (χ0n) is 19.2. The van der Waals surface area contributed by atoms with Gasteiger partial charge in [0, 0.05) is 10.9 Å². The smallest absolute Gasteiger partial charge is 0.280 e. The Morgan fingerprint density at radius 1 is 0.889 bits per heavy atom. The second-order valence-electron chi connectivity index (χ2n) is 8.17. The summed E-state index contributed by atoms with van der Waals surface area (Å²) in [5, 5.41) is 13.4. The average Bonchev–Trinajstić information content (AvgIpc) is 3.55. The third-order valence-electron chi connectivity index (χ3n) is 5.83. The maximum atomic E-state index is 14.0. The van der Waals surface area contributed by atoms with E-state index in [1.165, 1.54) is 19.4 Å². The van der Waals surface area contributed by atoms with E-state index in [1.54, 1.807) is 30.3 Å². The van der Waals surface area contributed by atoms with Gasteiger partial charge in [-0.1, -0.05) is 29.8 Å². The van der Waals surface area contributed by atoms with Crippen LogP contribution in [-0.2, 0) is 0 Å². The maximum absolute atomic E-state index is 14.0. The van der Waals surface area contributed by atoms with Crippen molar-refractivity contribution in [2.24, 2.45) is 0 Å². The van der Waals surface area contributed by atoms with Crippen LogP contribution in [0.15, 0.2) is 71.3 Å². The van der Waals surface area contributed by atoms with Gasteiger partial charge >= 0.3 is 0 Å². The fourth-order valence-electron chi connectivity index (χ4n) is 4.09. The van der Waals surface area contributed by atoms with E-state index >= 15 is 0 Å². The molecule has 0 saturated carbocycles. The molecular formula is C26H18F2N6O2. The summed E-state index contributed by atoms with van der Waals surface area (Å²) < 4.78 is 40.3. The molecule has 36 heavy (non-hydrogen) atoms. The minimum absolute atomic E-state index is 0.0932. The maximum Gasteiger partial charge on any atom is 0.280 e. The summed E-state index contributed by atoms with van der Waals surface area (Å²) in [5.74, 6) is 0.797. The number of fused-ring (bicyclic) bond motifs is 2. The summed E-state index contributed by atoms with van der Waals surface area (Å²) in [6.07, 6.45) is -1.41. The van der Waals surface area contributed by atoms with Gasteiger partial charge in [-0.2, -0.15) is 5.10 Å². The number of rotatable bonds is 5. The van der Waals surface area contributed by atoms with E-state index < -0.39 is 6.43 Å². The number of methoxy groups -OCH3 is 1. The number of benzene rings is 2. The van der Waals surface area contributed by atoms with Crippen molar-refractivity contribution in [3.8, 4) is 40.0 Å². The topological polar surface area (TPSA) is 91.2 Å². The highest BCUT2D eigenvalue weighted by Crippen LogP contribution is 2.34. The number of pyridine rings is 1. The Hall–Kier alpha value is -4.73. The molecule has 0 bridgehead atoms. The molecule has 0 amide bonds. The number of para-hydroxylation sites is 1. The summed E-state index contributed by atoms with van der Waals surface area (Å²) in [7, 11) is 1.51. The third kappa shape index (κ3) is 3.63. The molecule has 0 radical (unpaired) electrons. The van der Waals surface area contributed by atoms with Crippen molar-refractivity contribution in [1.29, 1.82) is 0 Å². The predicted octanol–water partition coefficient (Wildman–Crippen LogP) is 5.92. The quantitative estimate of drug-likeness (QED) is 0.300. The SMILES string of the molecule is COc1ccccc1-c1cc(C(F)F)n2ncc(-c3nnc(-c4ccc5cc(C)ccc5n4)o3)c2n1. The van der Waals surface area contributed by atoms with Gasteiger partial charge in [0.15, 0.2) is 5.65 Å². The van der Waals surface area contributed by atoms with Crippen molar-refractivity contribution in [3.63, 3.8) is 0 Å². The predicted molar refractivity (Wildman–Crippen MR) is 129 cm³/mol. The van der Waals surface area contributed by atoms with Crippen molar-refractivity contribution in [2.45, 2.75) is 13.3 Å². The van der Waals surface area contributed by atoms with Crippen molar-refractivity contribution in [2.75, 3.05) is 7.11 Å². The van der Waals surface area contributed by atoms with E-state index in [4.69, 9.17) is 9.15 Å². The van der Waals surface area contributed by atoms with Gasteiger partial charge in [-0.25, -0.2) is 23.3 Å². The monoisotopic (exact) mass is 484 g/mol. The van der Waals surface area contributed by atoms with Crippen molar-refractivity contribution in [1.82, 2.24) is 29.8 Å². The Morgan fingerprint density at radius 2 is 1.72 bits per heavy atom. The van der Waals surface area contributed by atoms with Crippen molar-refractivity contribution in [3.05, 3.63) is 78.1 Å². The van der Waals surface area contributed by atoms with Gasteiger partial charge in [-0.05, 0) is 43.3 Å². The molecule has 6 aromatic rings. The summed E-state index contributed by atoms with van der Waals surface area (Å²) in [4.78, 5) is 9.22. The number of ether oxygens (including phenoxy) is 1. The molecule has 10 heteroatoms. The standard InChI is InChI=1S/C26H18F2N6O2/c1-14-7-9-18-15(11-14)8-10-19(30-18)26-33-32-25(36-26)17-13-29-34-21(23(27)28)12-20(31-24(17)34)16-5-3-4-6-22(16)35-2/h3-13,23H,1-2H3. The molecule has 0 aliphatic rings. The lowest BCUT2D eigenvalue weighted by Gasteiger charge is -2.11. The Labute approximate surface area is 203 Å². The van der Waals surface area contributed by atoms with Gasteiger partial charge < -0.3 is 9.15 Å². The number of hydrogen-bond donors (Lipinski definition) is 0. The van der Waals surface area contributed by atoms with Gasteiger partial charge in [-0.15, -0.1) is 10.2 Å². The molecule has 4 aromatic heterocycles. The lowest BCUT2D eigenvalue weighted by Crippen LogP contribution is -2.03. The lowest BCUT2D eigenvalue weighted by atomic mass is 10.1. The van der Waals surface area contributed by atoms with E-state index in [9.17, 15) is 8.78 Å². The van der Waals surface area contributed by atoms with Gasteiger partial charge in [0.2, 0.25) is 0 Å². The first kappa shape index (κ1) is 21.8. The summed E-state index contributed by atoms with van der Waals surface area (Å²) in [6, 6.07) is 18.0. The van der Waals surface area contributed by atoms with Crippen LogP contribution in [-0.4, -0.2) is 36.9 Å². The average molecular weight is 484 g/mol. The first-order valence-electron chi connectivity index (χ1n) is 11.0. The van der Waals surface area contributed by atoms with Crippen LogP contribution in [0, 0.1) is 6.92 Å². The normalized spacial score (nSPS) is 11.6. The van der Waals surface area contributed by atoms with Crippen LogP contribution in [0.3, 0.4) is 0 Å². The molecule has 0 atom stereocenters. The molecule has 0 saturated heterocycles. The van der Waals surface area contributed by atoms with Crippen molar-refractivity contribution < 1.29 is 17.9 Å². The van der Waals surface area contributed by atoms with E-state index in [0.717, 1.165) is 21.0 Å². The Kier molecular flexibility index (Phi) is 5.14. The molecule has 2 aromatic carbocycles. The van der Waals surface area contributed by atoms with Crippen LogP contribution in [0.4, 0.5) is 8.78 Å². The highest BCUT2D eigenvalue weighted by atomic mass is 19.3. The molecule has 0 fully saturated rings. The largest absolute Gasteiger partial charge is 0.496 e. The van der Waals surface area contributed by atoms with Crippen molar-refractivity contribution >= 4 is 16.6 Å². The molecule has 0 aliphatic carbocycles. The minimum Gasteiger partial charge on any atom is -0.496 e.